The zero-order chi connectivity index (χ0) is 26.9. The van der Waals surface area contributed by atoms with Crippen molar-refractivity contribution in [3.63, 3.8) is 0 Å². The fraction of sp³-hybridized carbons (Fsp3) is 0.571. The molecule has 1 aliphatic rings. The van der Waals surface area contributed by atoms with Gasteiger partial charge in [0.15, 0.2) is 0 Å². The maximum absolute atomic E-state index is 12.6. The zero-order valence-corrected chi connectivity index (χ0v) is 20.1. The highest BCUT2D eigenvalue weighted by molar-refractivity contribution is 7.47. The first-order chi connectivity index (χ1) is 15.8. The number of hydrogen-bond donors (Lipinski definition) is 8. The molecule has 18 nitrogen and oxygen atoms in total. The average molecular weight is 569 g/mol. The predicted molar refractivity (Wildman–Crippen MR) is 109 cm³/mol. The van der Waals surface area contributed by atoms with Crippen LogP contribution in [0, 0.1) is 10.1 Å². The molecule has 0 bridgehead atoms. The summed E-state index contributed by atoms with van der Waals surface area (Å²) in [6.45, 7) is 1.11. The monoisotopic (exact) mass is 569 g/mol. The van der Waals surface area contributed by atoms with Crippen molar-refractivity contribution in [1.82, 2.24) is 0 Å². The summed E-state index contributed by atoms with van der Waals surface area (Å²) < 4.78 is 53.0. The molecular formula is C14H22NO17P3. The average Bonchev–Trinajstić information content (AvgIpc) is 2.70. The van der Waals surface area contributed by atoms with Crippen molar-refractivity contribution in [1.29, 1.82) is 0 Å². The molecule has 1 aromatic carbocycles. The third-order valence-corrected chi connectivity index (χ3v) is 6.78. The van der Waals surface area contributed by atoms with Crippen LogP contribution in [0.2, 0.25) is 0 Å². The van der Waals surface area contributed by atoms with Crippen molar-refractivity contribution in [2.75, 3.05) is 0 Å². The van der Waals surface area contributed by atoms with Crippen molar-refractivity contribution >= 4 is 29.2 Å². The van der Waals surface area contributed by atoms with Gasteiger partial charge in [0.25, 0.3) is 5.69 Å². The van der Waals surface area contributed by atoms with Gasteiger partial charge in [0.2, 0.25) is 0 Å². The quantitative estimate of drug-likeness (QED) is 0.0972. The number of nitrogens with zero attached hydrogens (tertiary/aromatic N) is 1. The topological polar surface area (TPSA) is 293 Å². The number of phosphoric ester groups is 3. The number of phosphoric acid groups is 3. The lowest BCUT2D eigenvalue weighted by Crippen LogP contribution is -2.65. The Morgan fingerprint density at radius 3 is 1.80 bits per heavy atom. The molecule has 2 rings (SSSR count). The number of benzene rings is 1. The molecule has 0 aromatic heterocycles. The highest BCUT2D eigenvalue weighted by Gasteiger charge is 2.56. The van der Waals surface area contributed by atoms with Crippen LogP contribution in [-0.4, -0.2) is 81.3 Å². The van der Waals surface area contributed by atoms with Crippen molar-refractivity contribution in [3.8, 4) is 0 Å². The van der Waals surface area contributed by atoms with E-state index in [4.69, 9.17) is 28.6 Å². The standard InChI is InChI=1S/C14H22NO17P3/c1-6(7-4-2-3-5-8(7)15(19)20)29-35(27,28)32-13-10(17)9(16)12(30-33(21,22)23)11(18)14(13)31-34(24,25)26/h2-6,9-14,16-18H,1H3,(H,27,28)(H2,21,22,23)(H2,24,25,26)/t6?,9-,10+,11+,12-,13-,14-/m1/s1. The molecule has 200 valence electrons. The Hall–Kier alpha value is -1.17. The van der Waals surface area contributed by atoms with E-state index in [1.54, 1.807) is 0 Å². The first-order valence-electron chi connectivity index (χ1n) is 9.28. The van der Waals surface area contributed by atoms with Crippen molar-refractivity contribution in [2.45, 2.75) is 49.7 Å². The maximum atomic E-state index is 12.6. The van der Waals surface area contributed by atoms with Crippen LogP contribution in [-0.2, 0) is 31.8 Å². The van der Waals surface area contributed by atoms with Crippen LogP contribution < -0.4 is 0 Å². The van der Waals surface area contributed by atoms with Gasteiger partial charge < -0.3 is 39.8 Å². The van der Waals surface area contributed by atoms with E-state index in [2.05, 4.69) is 9.05 Å². The van der Waals surface area contributed by atoms with Crippen molar-refractivity contribution in [3.05, 3.63) is 39.9 Å². The van der Waals surface area contributed by atoms with Crippen LogP contribution in [0.25, 0.3) is 0 Å². The van der Waals surface area contributed by atoms with Crippen molar-refractivity contribution < 1.29 is 76.5 Å². The summed E-state index contributed by atoms with van der Waals surface area (Å²) >= 11 is 0. The zero-order valence-electron chi connectivity index (χ0n) is 17.4. The lowest BCUT2D eigenvalue weighted by molar-refractivity contribution is -0.386. The Bertz CT molecular complexity index is 1060. The van der Waals surface area contributed by atoms with Crippen LogP contribution >= 0.6 is 23.5 Å². The molecule has 35 heavy (non-hydrogen) atoms. The van der Waals surface area contributed by atoms with Gasteiger partial charge in [-0.1, -0.05) is 12.1 Å². The molecular weight excluding hydrogens is 547 g/mol. The molecule has 0 spiro atoms. The molecule has 0 saturated heterocycles. The lowest BCUT2D eigenvalue weighted by Gasteiger charge is -2.44. The van der Waals surface area contributed by atoms with E-state index in [-0.39, 0.29) is 5.56 Å². The summed E-state index contributed by atoms with van der Waals surface area (Å²) in [4.78, 5) is 56.6. The number of aliphatic hydroxyl groups is 3. The third-order valence-electron chi connectivity index (χ3n) is 4.66. The second kappa shape index (κ2) is 11.1. The number of aliphatic hydroxyl groups excluding tert-OH is 3. The number of para-hydroxylation sites is 1. The Labute approximate surface area is 195 Å². The summed E-state index contributed by atoms with van der Waals surface area (Å²) in [5.41, 5.74) is -0.679. The molecule has 8 N–H and O–H groups in total. The number of rotatable bonds is 10. The number of hydrogen-bond acceptors (Lipinski definition) is 12. The van der Waals surface area contributed by atoms with E-state index < -0.39 is 76.8 Å². The molecule has 0 heterocycles. The summed E-state index contributed by atoms with van der Waals surface area (Å²) in [5.74, 6) is 0. The molecule has 1 aliphatic carbocycles. The van der Waals surface area contributed by atoms with Gasteiger partial charge in [-0.15, -0.1) is 0 Å². The highest BCUT2D eigenvalue weighted by atomic mass is 31.2. The smallest absolute Gasteiger partial charge is 0.387 e. The Morgan fingerprint density at radius 2 is 1.29 bits per heavy atom. The fourth-order valence-electron chi connectivity index (χ4n) is 3.29. The van der Waals surface area contributed by atoms with Crippen LogP contribution in [0.1, 0.15) is 18.6 Å². The van der Waals surface area contributed by atoms with Gasteiger partial charge in [-0.25, -0.2) is 13.7 Å². The van der Waals surface area contributed by atoms with E-state index in [1.807, 2.05) is 0 Å². The Morgan fingerprint density at radius 1 is 0.829 bits per heavy atom. The largest absolute Gasteiger partial charge is 0.473 e. The molecule has 1 aromatic rings. The number of nitro groups is 1. The van der Waals surface area contributed by atoms with Crippen LogP contribution in [0.4, 0.5) is 5.69 Å². The minimum absolute atomic E-state index is 0.183. The molecule has 0 radical (unpaired) electrons. The molecule has 0 aliphatic heterocycles. The van der Waals surface area contributed by atoms with Gasteiger partial charge in [-0.2, -0.15) is 0 Å². The van der Waals surface area contributed by atoms with Gasteiger partial charge in [0, 0.05) is 6.07 Å². The molecule has 2 unspecified atom stereocenters. The summed E-state index contributed by atoms with van der Waals surface area (Å²) in [6.07, 6.45) is -16.3. The summed E-state index contributed by atoms with van der Waals surface area (Å²) in [5, 5.41) is 41.9. The van der Waals surface area contributed by atoms with Crippen LogP contribution in [0.15, 0.2) is 24.3 Å². The second-order valence-electron chi connectivity index (χ2n) is 7.20. The fourth-order valence-corrected chi connectivity index (χ4v) is 5.53. The van der Waals surface area contributed by atoms with Gasteiger partial charge in [-0.05, 0) is 13.0 Å². The van der Waals surface area contributed by atoms with Crippen molar-refractivity contribution in [2.24, 2.45) is 0 Å². The second-order valence-corrected chi connectivity index (χ2v) is 10.9. The predicted octanol–water partition coefficient (Wildman–Crippen LogP) is -0.790. The van der Waals surface area contributed by atoms with E-state index in [0.29, 0.717) is 0 Å². The van der Waals surface area contributed by atoms with E-state index in [0.717, 1.165) is 13.0 Å². The minimum atomic E-state index is -5.56. The number of nitro benzene ring substituents is 1. The van der Waals surface area contributed by atoms with Gasteiger partial charge in [-0.3, -0.25) is 28.2 Å². The Balaban J connectivity index is 2.35. The molecule has 21 heteroatoms. The van der Waals surface area contributed by atoms with Gasteiger partial charge >= 0.3 is 23.5 Å². The SMILES string of the molecule is CC(OP(=O)(O)O[C@@H]1[C@@H](O)[C@@H](O)[C@@H](OP(=O)(O)O)[C@H](O)[C@H]1OP(=O)(O)O)c1ccccc1[N+](=O)[O-]. The van der Waals surface area contributed by atoms with E-state index in [9.17, 15) is 44.0 Å². The molecule has 8 atom stereocenters. The maximum Gasteiger partial charge on any atom is 0.473 e. The van der Waals surface area contributed by atoms with Crippen LogP contribution in [0.5, 0.6) is 0 Å². The Kier molecular flexibility index (Phi) is 9.50. The third kappa shape index (κ3) is 8.16. The molecule has 0 amide bonds. The first-order valence-corrected chi connectivity index (χ1v) is 13.8. The summed E-state index contributed by atoms with van der Waals surface area (Å²) in [7, 11) is -16.4. The van der Waals surface area contributed by atoms with E-state index in [1.165, 1.54) is 18.2 Å². The molecule has 1 saturated carbocycles. The molecule has 1 fully saturated rings. The van der Waals surface area contributed by atoms with Gasteiger partial charge in [0.05, 0.1) is 16.6 Å². The van der Waals surface area contributed by atoms with E-state index >= 15 is 0 Å². The highest BCUT2D eigenvalue weighted by Crippen LogP contribution is 2.53. The minimum Gasteiger partial charge on any atom is -0.387 e. The van der Waals surface area contributed by atoms with Gasteiger partial charge in [0.1, 0.15) is 36.6 Å². The first kappa shape index (κ1) is 30.1. The lowest BCUT2D eigenvalue weighted by atomic mass is 9.85. The normalized spacial score (nSPS) is 30.4. The van der Waals surface area contributed by atoms with Crippen LogP contribution in [0.3, 0.4) is 0 Å². The summed E-state index contributed by atoms with van der Waals surface area (Å²) in [6, 6.07) is 4.93.